The largest absolute Gasteiger partial charge is 0.346 e. The molecule has 17 heavy (non-hydrogen) atoms. The van der Waals surface area contributed by atoms with E-state index in [1.54, 1.807) is 36.5 Å². The van der Waals surface area contributed by atoms with E-state index in [4.69, 9.17) is 0 Å². The maximum absolute atomic E-state index is 11.2. The summed E-state index contributed by atoms with van der Waals surface area (Å²) in [5, 5.41) is 10.2. The maximum atomic E-state index is 11.2. The summed E-state index contributed by atoms with van der Waals surface area (Å²) in [4.78, 5) is 15.8. The number of allylic oxidation sites excluding steroid dienone is 9. The number of carbonyl (C=O) groups is 1. The Kier molecular flexibility index (Phi) is 6.42. The Balaban J connectivity index is 2.70. The van der Waals surface area contributed by atoms with Crippen LogP contribution in [-0.4, -0.2) is 12.0 Å². The van der Waals surface area contributed by atoms with Gasteiger partial charge in [0.15, 0.2) is 5.78 Å². The van der Waals surface area contributed by atoms with Crippen LogP contribution >= 0.6 is 0 Å². The van der Waals surface area contributed by atoms with E-state index >= 15 is 0 Å². The van der Waals surface area contributed by atoms with Gasteiger partial charge in [0, 0.05) is 0 Å². The predicted octanol–water partition coefficient (Wildman–Crippen LogP) is 2.68. The van der Waals surface area contributed by atoms with Crippen LogP contribution < -0.4 is 0 Å². The van der Waals surface area contributed by atoms with Gasteiger partial charge in [-0.05, 0) is 29.5 Å². The molecule has 5 heteroatoms. The van der Waals surface area contributed by atoms with Crippen molar-refractivity contribution in [3.63, 3.8) is 0 Å². The van der Waals surface area contributed by atoms with E-state index < -0.39 is 0 Å². The molecule has 0 unspecified atom stereocenters. The Morgan fingerprint density at radius 3 is 2.47 bits per heavy atom. The summed E-state index contributed by atoms with van der Waals surface area (Å²) in [6, 6.07) is 0. The molecule has 0 N–H and O–H groups in total. The van der Waals surface area contributed by atoms with Crippen molar-refractivity contribution in [2.75, 3.05) is 0 Å². The van der Waals surface area contributed by atoms with Gasteiger partial charge in [0.1, 0.15) is 6.26 Å². The van der Waals surface area contributed by atoms with Crippen molar-refractivity contribution in [2.24, 2.45) is 15.6 Å². The average Bonchev–Trinajstić information content (AvgIpc) is 2.32. The van der Waals surface area contributed by atoms with Crippen LogP contribution in [0.2, 0.25) is 0 Å². The second kappa shape index (κ2) is 8.72. The van der Waals surface area contributed by atoms with Gasteiger partial charge >= 0.3 is 0 Å². The Morgan fingerprint density at radius 2 is 1.59 bits per heavy atom. The van der Waals surface area contributed by atoms with Crippen molar-refractivity contribution in [1.29, 1.82) is 0 Å². The van der Waals surface area contributed by atoms with Crippen LogP contribution in [0, 0.1) is 0 Å². The smallest absolute Gasteiger partial charge is 0.178 e. The van der Waals surface area contributed by atoms with Crippen LogP contribution in [-0.2, 0) is 9.63 Å². The summed E-state index contributed by atoms with van der Waals surface area (Å²) in [6.45, 7) is 0. The molecule has 86 valence electrons. The van der Waals surface area contributed by atoms with Gasteiger partial charge in [0.25, 0.3) is 0 Å². The fourth-order valence-electron chi connectivity index (χ4n) is 0.817. The molecule has 0 saturated heterocycles. The van der Waals surface area contributed by atoms with E-state index in [1.807, 2.05) is 0 Å². The fourth-order valence-corrected chi connectivity index (χ4v) is 0.817. The first-order valence-corrected chi connectivity index (χ1v) is 4.86. The van der Waals surface area contributed by atoms with E-state index in [1.165, 1.54) is 30.7 Å². The second-order valence-corrected chi connectivity index (χ2v) is 2.76. The summed E-state index contributed by atoms with van der Waals surface area (Å²) < 4.78 is 0. The van der Waals surface area contributed by atoms with Gasteiger partial charge in [-0.15, -0.1) is 5.10 Å². The molecule has 0 spiro atoms. The number of nitrogens with zero attached hydrogens (tertiary/aromatic N) is 3. The highest BCUT2D eigenvalue weighted by molar-refractivity contribution is 5.99. The van der Waals surface area contributed by atoms with Crippen molar-refractivity contribution in [2.45, 2.75) is 0 Å². The molecule has 5 nitrogen and oxygen atoms in total. The van der Waals surface area contributed by atoms with Crippen LogP contribution in [0.3, 0.4) is 0 Å². The van der Waals surface area contributed by atoms with E-state index in [0.29, 0.717) is 0 Å². The van der Waals surface area contributed by atoms with Gasteiger partial charge < -0.3 is 4.84 Å². The molecule has 0 atom stereocenters. The van der Waals surface area contributed by atoms with Crippen molar-refractivity contribution < 1.29 is 9.63 Å². The summed E-state index contributed by atoms with van der Waals surface area (Å²) in [7, 11) is 0. The van der Waals surface area contributed by atoms with E-state index in [9.17, 15) is 4.79 Å². The predicted molar refractivity (Wildman–Crippen MR) is 65.1 cm³/mol. The topological polar surface area (TPSA) is 63.4 Å². The minimum atomic E-state index is -0.112. The van der Waals surface area contributed by atoms with Crippen LogP contribution in [0.25, 0.3) is 0 Å². The Morgan fingerprint density at radius 1 is 0.882 bits per heavy atom. The van der Waals surface area contributed by atoms with Gasteiger partial charge in [-0.1, -0.05) is 30.4 Å². The number of ketones is 1. The molecule has 1 rings (SSSR count). The first-order valence-electron chi connectivity index (χ1n) is 4.86. The van der Waals surface area contributed by atoms with Gasteiger partial charge in [0.05, 0.1) is 11.5 Å². The van der Waals surface area contributed by atoms with E-state index in [2.05, 4.69) is 20.4 Å². The van der Waals surface area contributed by atoms with Crippen LogP contribution in [0.5, 0.6) is 0 Å². The molecule has 0 radical (unpaired) electrons. The van der Waals surface area contributed by atoms with Crippen molar-refractivity contribution >= 4 is 12.0 Å². The molecule has 0 amide bonds. The molecule has 0 fully saturated rings. The number of rotatable bonds is 0. The van der Waals surface area contributed by atoms with Crippen LogP contribution in [0.1, 0.15) is 0 Å². The summed E-state index contributed by atoms with van der Waals surface area (Å²) in [5.41, 5.74) is 0. The number of hydrogen-bond donors (Lipinski definition) is 0. The molecule has 0 aromatic carbocycles. The lowest BCUT2D eigenvalue weighted by Crippen LogP contribution is -1.82. The van der Waals surface area contributed by atoms with Gasteiger partial charge in [-0.3, -0.25) is 4.79 Å². The van der Waals surface area contributed by atoms with Gasteiger partial charge in [-0.2, -0.15) is 0 Å². The quantitative estimate of drug-likeness (QED) is 0.641. The highest BCUT2D eigenvalue weighted by Crippen LogP contribution is 1.88. The Labute approximate surface area is 98.8 Å². The van der Waals surface area contributed by atoms with E-state index in [-0.39, 0.29) is 5.78 Å². The molecule has 0 aliphatic carbocycles. The zero-order valence-corrected chi connectivity index (χ0v) is 9.01. The monoisotopic (exact) mass is 229 g/mol. The molecule has 1 heterocycles. The Bertz CT molecular complexity index is 441. The molecule has 0 saturated carbocycles. The number of carbonyl (C=O) groups excluding carboxylic acids is 1. The fraction of sp³-hybridized carbons (Fsp3) is 0. The standard InChI is InChI=1S/C12H11N3O2/c16-12-8-4-2-1-3-6-10-13-14-15-17-11-7-5-9-12/h1-11H/b2-1-,6-3-,8-4-,9-5-,11-7-,13-10+,15-14-. The van der Waals surface area contributed by atoms with Gasteiger partial charge in [0.2, 0.25) is 0 Å². The maximum Gasteiger partial charge on any atom is 0.178 e. The highest BCUT2D eigenvalue weighted by Gasteiger charge is 1.84. The highest BCUT2D eigenvalue weighted by atomic mass is 16.6. The zero-order chi connectivity index (χ0) is 12.2. The Hall–Kier alpha value is -2.56. The third-order valence-electron chi connectivity index (χ3n) is 1.50. The minimum absolute atomic E-state index is 0.112. The van der Waals surface area contributed by atoms with Crippen LogP contribution in [0.4, 0.5) is 0 Å². The van der Waals surface area contributed by atoms with E-state index in [0.717, 1.165) is 0 Å². The lowest BCUT2D eigenvalue weighted by Gasteiger charge is -1.82. The summed E-state index contributed by atoms with van der Waals surface area (Å²) in [6.07, 6.45) is 17.2. The minimum Gasteiger partial charge on any atom is -0.346 e. The molecule has 1 aliphatic heterocycles. The third-order valence-corrected chi connectivity index (χ3v) is 1.50. The van der Waals surface area contributed by atoms with Crippen LogP contribution in [0.15, 0.2) is 76.5 Å². The zero-order valence-electron chi connectivity index (χ0n) is 9.01. The van der Waals surface area contributed by atoms with Gasteiger partial charge in [-0.25, -0.2) is 0 Å². The summed E-state index contributed by atoms with van der Waals surface area (Å²) in [5.74, 6) is -0.112. The molecule has 1 aliphatic rings. The van der Waals surface area contributed by atoms with Crippen molar-refractivity contribution in [3.05, 3.63) is 60.9 Å². The normalized spacial score (nSPS) is 29.5. The second-order valence-electron chi connectivity index (χ2n) is 2.76. The first-order chi connectivity index (χ1) is 8.39. The lowest BCUT2D eigenvalue weighted by atomic mass is 10.3. The number of hydrogen-bond acceptors (Lipinski definition) is 5. The molecule has 0 bridgehead atoms. The average molecular weight is 229 g/mol. The lowest BCUT2D eigenvalue weighted by molar-refractivity contribution is -0.110. The van der Waals surface area contributed by atoms with Crippen molar-refractivity contribution in [3.8, 4) is 0 Å². The molecular formula is C12H11N3O2. The summed E-state index contributed by atoms with van der Waals surface area (Å²) >= 11 is 0. The molecule has 0 aromatic rings. The SMILES string of the molecule is O=C1\C=C/C=C\C=C/C=N/N=N\O/C=C\C=C/1. The third kappa shape index (κ3) is 7.38. The first kappa shape index (κ1) is 12.5. The molecular weight excluding hydrogens is 218 g/mol. The molecule has 0 aromatic heterocycles. The van der Waals surface area contributed by atoms with Crippen molar-refractivity contribution in [1.82, 2.24) is 0 Å².